The Bertz CT molecular complexity index is 440. The van der Waals surface area contributed by atoms with Crippen molar-refractivity contribution >= 4 is 17.4 Å². The van der Waals surface area contributed by atoms with Crippen molar-refractivity contribution in [2.75, 3.05) is 11.4 Å². The number of carbonyl (C=O) groups is 1. The molecular formula is C13H19N3O2. The molecule has 0 saturated carbocycles. The molecule has 5 heteroatoms. The highest BCUT2D eigenvalue weighted by Gasteiger charge is 2.23. The van der Waals surface area contributed by atoms with Gasteiger partial charge in [0.1, 0.15) is 0 Å². The number of benzene rings is 1. The van der Waals surface area contributed by atoms with Crippen molar-refractivity contribution in [1.82, 2.24) is 0 Å². The van der Waals surface area contributed by atoms with Crippen molar-refractivity contribution in [3.05, 3.63) is 29.8 Å². The van der Waals surface area contributed by atoms with E-state index in [1.165, 1.54) is 0 Å². The number of hydrogen-bond donors (Lipinski definition) is 2. The maximum atomic E-state index is 12.2. The van der Waals surface area contributed by atoms with Gasteiger partial charge in [-0.3, -0.25) is 4.79 Å². The predicted molar refractivity (Wildman–Crippen MR) is 71.8 cm³/mol. The Morgan fingerprint density at radius 3 is 2.44 bits per heavy atom. The lowest BCUT2D eigenvalue weighted by atomic mass is 10.1. The Morgan fingerprint density at radius 2 is 2.00 bits per heavy atom. The number of oxime groups is 1. The molecule has 0 spiro atoms. The van der Waals surface area contributed by atoms with E-state index in [1.54, 1.807) is 11.8 Å². The van der Waals surface area contributed by atoms with Crippen LogP contribution in [0.4, 0.5) is 5.69 Å². The summed E-state index contributed by atoms with van der Waals surface area (Å²) in [6, 6.07) is 7.66. The summed E-state index contributed by atoms with van der Waals surface area (Å²) in [5, 5.41) is 11.5. The van der Waals surface area contributed by atoms with E-state index >= 15 is 0 Å². The van der Waals surface area contributed by atoms with E-state index in [0.29, 0.717) is 6.54 Å². The molecule has 5 nitrogen and oxygen atoms in total. The van der Waals surface area contributed by atoms with Crippen LogP contribution in [0.3, 0.4) is 0 Å². The fraction of sp³-hybridized carbons (Fsp3) is 0.385. The Labute approximate surface area is 107 Å². The second-order valence-corrected chi connectivity index (χ2v) is 4.16. The number of amidine groups is 1. The number of amides is 1. The summed E-state index contributed by atoms with van der Waals surface area (Å²) in [6.45, 7) is 6.02. The molecule has 0 bridgehead atoms. The molecule has 1 aromatic carbocycles. The lowest BCUT2D eigenvalue weighted by Gasteiger charge is -2.24. The average Bonchev–Trinajstić information content (AvgIpc) is 2.39. The second kappa shape index (κ2) is 6.05. The van der Waals surface area contributed by atoms with Crippen LogP contribution in [0.2, 0.25) is 0 Å². The van der Waals surface area contributed by atoms with E-state index in [9.17, 15) is 4.79 Å². The molecule has 0 aliphatic carbocycles. The summed E-state index contributed by atoms with van der Waals surface area (Å²) in [4.78, 5) is 13.8. The minimum absolute atomic E-state index is 0.0782. The molecule has 1 amide bonds. The zero-order valence-corrected chi connectivity index (χ0v) is 10.9. The molecule has 1 aromatic rings. The van der Waals surface area contributed by atoms with Gasteiger partial charge in [-0.15, -0.1) is 0 Å². The van der Waals surface area contributed by atoms with Crippen molar-refractivity contribution in [2.45, 2.75) is 20.8 Å². The van der Waals surface area contributed by atoms with E-state index in [1.807, 2.05) is 38.1 Å². The highest BCUT2D eigenvalue weighted by Crippen LogP contribution is 2.17. The molecule has 1 rings (SSSR count). The summed E-state index contributed by atoms with van der Waals surface area (Å²) >= 11 is 0. The van der Waals surface area contributed by atoms with Gasteiger partial charge in [-0.25, -0.2) is 0 Å². The molecule has 0 aromatic heterocycles. The van der Waals surface area contributed by atoms with Crippen LogP contribution < -0.4 is 10.6 Å². The molecule has 18 heavy (non-hydrogen) atoms. The molecule has 0 aliphatic rings. The topological polar surface area (TPSA) is 78.9 Å². The standard InChI is InChI=1S/C13H19N3O2/c1-4-16(11-7-5-9(2)6-8-11)13(17)10(3)12(14)15-18/h5-8,10,18H,4H2,1-3H3,(H2,14,15). The first-order chi connectivity index (χ1) is 8.51. The van der Waals surface area contributed by atoms with Crippen LogP contribution in [-0.2, 0) is 4.79 Å². The van der Waals surface area contributed by atoms with Crippen LogP contribution in [0, 0.1) is 12.8 Å². The largest absolute Gasteiger partial charge is 0.409 e. The van der Waals surface area contributed by atoms with Gasteiger partial charge in [0, 0.05) is 12.2 Å². The first kappa shape index (κ1) is 14.0. The van der Waals surface area contributed by atoms with Gasteiger partial charge in [-0.05, 0) is 32.9 Å². The third-order valence-electron chi connectivity index (χ3n) is 2.86. The zero-order chi connectivity index (χ0) is 13.7. The van der Waals surface area contributed by atoms with Crippen LogP contribution in [-0.4, -0.2) is 23.5 Å². The quantitative estimate of drug-likeness (QED) is 0.369. The lowest BCUT2D eigenvalue weighted by molar-refractivity contribution is -0.120. The Balaban J connectivity index is 2.96. The number of carbonyl (C=O) groups excluding carboxylic acids is 1. The van der Waals surface area contributed by atoms with Gasteiger partial charge in [0.05, 0.1) is 5.92 Å². The number of nitrogens with two attached hydrogens (primary N) is 1. The third-order valence-corrected chi connectivity index (χ3v) is 2.86. The monoisotopic (exact) mass is 249 g/mol. The van der Waals surface area contributed by atoms with Crippen LogP contribution >= 0.6 is 0 Å². The first-order valence-electron chi connectivity index (χ1n) is 5.86. The molecule has 0 aliphatic heterocycles. The second-order valence-electron chi connectivity index (χ2n) is 4.16. The highest BCUT2D eigenvalue weighted by molar-refractivity contribution is 6.08. The first-order valence-corrected chi connectivity index (χ1v) is 5.86. The van der Waals surface area contributed by atoms with E-state index < -0.39 is 5.92 Å². The SMILES string of the molecule is CCN(C(=O)C(C)C(N)=NO)c1ccc(C)cc1. The summed E-state index contributed by atoms with van der Waals surface area (Å²) in [5.41, 5.74) is 7.41. The van der Waals surface area contributed by atoms with Gasteiger partial charge in [0.2, 0.25) is 5.91 Å². The molecule has 0 heterocycles. The van der Waals surface area contributed by atoms with E-state index in [2.05, 4.69) is 5.16 Å². The number of rotatable bonds is 4. The molecule has 1 atom stereocenters. The smallest absolute Gasteiger partial charge is 0.237 e. The third kappa shape index (κ3) is 3.00. The summed E-state index contributed by atoms with van der Waals surface area (Å²) in [7, 11) is 0. The average molecular weight is 249 g/mol. The highest BCUT2D eigenvalue weighted by atomic mass is 16.4. The van der Waals surface area contributed by atoms with Crippen LogP contribution in [0.15, 0.2) is 29.4 Å². The Kier molecular flexibility index (Phi) is 4.71. The van der Waals surface area contributed by atoms with Gasteiger partial charge in [-0.2, -0.15) is 0 Å². The minimum Gasteiger partial charge on any atom is -0.409 e. The predicted octanol–water partition coefficient (Wildman–Crippen LogP) is 1.73. The van der Waals surface area contributed by atoms with E-state index in [0.717, 1.165) is 11.3 Å². The van der Waals surface area contributed by atoms with Crippen LogP contribution in [0.25, 0.3) is 0 Å². The number of anilines is 1. The Morgan fingerprint density at radius 1 is 1.44 bits per heavy atom. The molecule has 0 saturated heterocycles. The molecular weight excluding hydrogens is 230 g/mol. The fourth-order valence-corrected chi connectivity index (χ4v) is 1.64. The van der Waals surface area contributed by atoms with Crippen molar-refractivity contribution in [2.24, 2.45) is 16.8 Å². The number of aryl methyl sites for hydroxylation is 1. The Hall–Kier alpha value is -2.04. The molecule has 3 N–H and O–H groups in total. The lowest BCUT2D eigenvalue weighted by Crippen LogP contribution is -2.40. The zero-order valence-electron chi connectivity index (χ0n) is 10.9. The van der Waals surface area contributed by atoms with Crippen molar-refractivity contribution in [3.8, 4) is 0 Å². The van der Waals surface area contributed by atoms with Crippen molar-refractivity contribution < 1.29 is 10.0 Å². The summed E-state index contributed by atoms with van der Waals surface area (Å²) in [5.74, 6) is -0.904. The van der Waals surface area contributed by atoms with Gasteiger partial charge >= 0.3 is 0 Å². The number of nitrogens with zero attached hydrogens (tertiary/aromatic N) is 2. The van der Waals surface area contributed by atoms with Gasteiger partial charge in [-0.1, -0.05) is 22.9 Å². The number of hydrogen-bond acceptors (Lipinski definition) is 3. The fourth-order valence-electron chi connectivity index (χ4n) is 1.64. The molecule has 0 fully saturated rings. The summed E-state index contributed by atoms with van der Waals surface area (Å²) in [6.07, 6.45) is 0. The van der Waals surface area contributed by atoms with Gasteiger partial charge in [0.25, 0.3) is 0 Å². The molecule has 98 valence electrons. The van der Waals surface area contributed by atoms with Gasteiger partial charge < -0.3 is 15.8 Å². The maximum Gasteiger partial charge on any atom is 0.237 e. The van der Waals surface area contributed by atoms with Crippen LogP contribution in [0.5, 0.6) is 0 Å². The van der Waals surface area contributed by atoms with Gasteiger partial charge in [0.15, 0.2) is 5.84 Å². The minimum atomic E-state index is -0.642. The van der Waals surface area contributed by atoms with Crippen molar-refractivity contribution in [1.29, 1.82) is 0 Å². The normalized spacial score (nSPS) is 13.2. The van der Waals surface area contributed by atoms with Crippen molar-refractivity contribution in [3.63, 3.8) is 0 Å². The maximum absolute atomic E-state index is 12.2. The van der Waals surface area contributed by atoms with Crippen LogP contribution in [0.1, 0.15) is 19.4 Å². The molecule has 1 unspecified atom stereocenters. The van der Waals surface area contributed by atoms with E-state index in [-0.39, 0.29) is 11.7 Å². The summed E-state index contributed by atoms with van der Waals surface area (Å²) < 4.78 is 0. The molecule has 0 radical (unpaired) electrons. The van der Waals surface area contributed by atoms with E-state index in [4.69, 9.17) is 10.9 Å².